The van der Waals surface area contributed by atoms with Gasteiger partial charge in [-0.1, -0.05) is 30.3 Å². The van der Waals surface area contributed by atoms with E-state index in [-0.39, 0.29) is 23.7 Å². The van der Waals surface area contributed by atoms with Crippen LogP contribution in [0.25, 0.3) is 0 Å². The molecule has 1 fully saturated rings. The molecule has 0 aromatic carbocycles. The molecule has 1 aromatic heterocycles. The molecule has 2 heterocycles. The predicted molar refractivity (Wildman–Crippen MR) is 109 cm³/mol. The first kappa shape index (κ1) is 21.6. The molecule has 0 radical (unpaired) electrons. The second-order valence-corrected chi connectivity index (χ2v) is 7.62. The van der Waals surface area contributed by atoms with Gasteiger partial charge in [-0.3, -0.25) is 4.79 Å². The average molecular weight is 415 g/mol. The van der Waals surface area contributed by atoms with E-state index in [4.69, 9.17) is 11.6 Å². The van der Waals surface area contributed by atoms with Crippen LogP contribution in [0.5, 0.6) is 0 Å². The molecule has 2 rings (SSSR count). The Hall–Kier alpha value is -1.74. The molecular formula is C17H27ClN6O2S. The molecule has 10 heteroatoms. The molecule has 1 aliphatic rings. The lowest BCUT2D eigenvalue weighted by Gasteiger charge is -2.40. The van der Waals surface area contributed by atoms with E-state index in [9.17, 15) is 9.59 Å². The fraction of sp³-hybridized carbons (Fsp3) is 0.647. The van der Waals surface area contributed by atoms with E-state index in [2.05, 4.69) is 25.5 Å². The largest absolute Gasteiger partial charge is 0.355 e. The van der Waals surface area contributed by atoms with Crippen LogP contribution >= 0.6 is 23.4 Å². The maximum atomic E-state index is 12.1. The normalized spacial score (nSPS) is 17.0. The molecule has 0 saturated carbocycles. The van der Waals surface area contributed by atoms with Crippen LogP contribution in [0.1, 0.15) is 27.2 Å². The van der Waals surface area contributed by atoms with Crippen LogP contribution in [-0.4, -0.2) is 71.3 Å². The highest BCUT2D eigenvalue weighted by Gasteiger charge is 2.28. The number of amides is 3. The van der Waals surface area contributed by atoms with Crippen molar-refractivity contribution in [3.8, 4) is 0 Å². The number of nitrogens with one attached hydrogen (secondary N) is 2. The second kappa shape index (κ2) is 10.6. The van der Waals surface area contributed by atoms with Gasteiger partial charge in [0.25, 0.3) is 0 Å². The number of aromatic nitrogens is 2. The zero-order valence-corrected chi connectivity index (χ0v) is 17.6. The van der Waals surface area contributed by atoms with E-state index in [1.807, 2.05) is 25.7 Å². The summed E-state index contributed by atoms with van der Waals surface area (Å²) in [7, 11) is 0. The first-order chi connectivity index (χ1) is 12.9. The smallest absolute Gasteiger partial charge is 0.317 e. The van der Waals surface area contributed by atoms with Gasteiger partial charge in [0, 0.05) is 44.8 Å². The van der Waals surface area contributed by atoms with Crippen molar-refractivity contribution in [1.82, 2.24) is 25.5 Å². The molecule has 1 unspecified atom stereocenters. The standard InChI is InChI=1S/C17H27ClN6O2S/c1-4-6-20-15(25)11-27-16-21-13(18)9-14(22-16)23-7-8-24(12(3)10-23)17(26)19-5-2/h9,12H,4-8,10-11H2,1-3H3,(H,19,26)(H,20,25). The Balaban J connectivity index is 1.99. The SMILES string of the molecule is CCCNC(=O)CSc1nc(Cl)cc(N2CCN(C(=O)NCC)C(C)C2)n1. The van der Waals surface area contributed by atoms with Gasteiger partial charge in [-0.15, -0.1) is 0 Å². The van der Waals surface area contributed by atoms with E-state index < -0.39 is 0 Å². The summed E-state index contributed by atoms with van der Waals surface area (Å²) in [5, 5.41) is 6.48. The predicted octanol–water partition coefficient (Wildman–Crippen LogP) is 1.99. The number of halogens is 1. The Kier molecular flexibility index (Phi) is 8.43. The van der Waals surface area contributed by atoms with Gasteiger partial charge < -0.3 is 20.4 Å². The summed E-state index contributed by atoms with van der Waals surface area (Å²) in [6.07, 6.45) is 0.897. The highest BCUT2D eigenvalue weighted by Crippen LogP contribution is 2.24. The van der Waals surface area contributed by atoms with Crippen molar-refractivity contribution in [2.24, 2.45) is 0 Å². The van der Waals surface area contributed by atoms with Crippen molar-refractivity contribution in [3.05, 3.63) is 11.2 Å². The fourth-order valence-electron chi connectivity index (χ4n) is 2.78. The zero-order valence-electron chi connectivity index (χ0n) is 16.0. The summed E-state index contributed by atoms with van der Waals surface area (Å²) in [5.41, 5.74) is 0. The average Bonchev–Trinajstić information content (AvgIpc) is 2.64. The van der Waals surface area contributed by atoms with Gasteiger partial charge in [0.15, 0.2) is 5.16 Å². The Bertz CT molecular complexity index is 662. The number of rotatable bonds is 7. The minimum absolute atomic E-state index is 0.0419. The molecule has 8 nitrogen and oxygen atoms in total. The van der Waals surface area contributed by atoms with Crippen molar-refractivity contribution in [2.75, 3.05) is 43.4 Å². The van der Waals surface area contributed by atoms with Gasteiger partial charge in [0.05, 0.1) is 5.75 Å². The quantitative estimate of drug-likeness (QED) is 0.403. The molecule has 1 aromatic rings. The Morgan fingerprint density at radius 2 is 2.07 bits per heavy atom. The van der Waals surface area contributed by atoms with Gasteiger partial charge in [-0.2, -0.15) is 0 Å². The van der Waals surface area contributed by atoms with Crippen molar-refractivity contribution in [2.45, 2.75) is 38.4 Å². The molecule has 150 valence electrons. The fourth-order valence-corrected chi connectivity index (χ4v) is 3.69. The highest BCUT2D eigenvalue weighted by molar-refractivity contribution is 7.99. The number of carbonyl (C=O) groups is 2. The number of piperazine rings is 1. The van der Waals surface area contributed by atoms with Gasteiger partial charge in [-0.25, -0.2) is 14.8 Å². The zero-order chi connectivity index (χ0) is 19.8. The van der Waals surface area contributed by atoms with E-state index in [1.165, 1.54) is 11.8 Å². The monoisotopic (exact) mass is 414 g/mol. The van der Waals surface area contributed by atoms with Gasteiger partial charge >= 0.3 is 6.03 Å². The summed E-state index contributed by atoms with van der Waals surface area (Å²) in [4.78, 5) is 36.5. The Morgan fingerprint density at radius 1 is 1.30 bits per heavy atom. The Labute approximate surface area is 169 Å². The molecule has 0 spiro atoms. The third kappa shape index (κ3) is 6.42. The molecule has 2 N–H and O–H groups in total. The minimum atomic E-state index is -0.0452. The van der Waals surface area contributed by atoms with Crippen LogP contribution in [0.15, 0.2) is 11.2 Å². The number of urea groups is 1. The topological polar surface area (TPSA) is 90.5 Å². The van der Waals surface area contributed by atoms with E-state index in [0.717, 1.165) is 6.42 Å². The molecule has 3 amide bonds. The maximum Gasteiger partial charge on any atom is 0.317 e. The lowest BCUT2D eigenvalue weighted by molar-refractivity contribution is -0.118. The first-order valence-corrected chi connectivity index (χ1v) is 10.5. The molecular weight excluding hydrogens is 388 g/mol. The van der Waals surface area contributed by atoms with Crippen LogP contribution in [0.2, 0.25) is 5.15 Å². The molecule has 1 aliphatic heterocycles. The molecule has 27 heavy (non-hydrogen) atoms. The van der Waals surface area contributed by atoms with Gasteiger partial charge in [0.1, 0.15) is 11.0 Å². The number of hydrogen-bond acceptors (Lipinski definition) is 6. The highest BCUT2D eigenvalue weighted by atomic mass is 35.5. The van der Waals surface area contributed by atoms with Crippen molar-refractivity contribution >= 4 is 41.1 Å². The summed E-state index contributed by atoms with van der Waals surface area (Å²) in [6.45, 7) is 9.13. The van der Waals surface area contributed by atoms with Crippen molar-refractivity contribution < 1.29 is 9.59 Å². The summed E-state index contributed by atoms with van der Waals surface area (Å²) in [6, 6.07) is 1.73. The number of hydrogen-bond donors (Lipinski definition) is 2. The van der Waals surface area contributed by atoms with Crippen LogP contribution in [0.4, 0.5) is 10.6 Å². The molecule has 1 saturated heterocycles. The third-order valence-corrected chi connectivity index (χ3v) is 5.15. The van der Waals surface area contributed by atoms with Crippen molar-refractivity contribution in [3.63, 3.8) is 0 Å². The van der Waals surface area contributed by atoms with Crippen LogP contribution < -0.4 is 15.5 Å². The maximum absolute atomic E-state index is 12.1. The molecule has 0 aliphatic carbocycles. The second-order valence-electron chi connectivity index (χ2n) is 6.29. The molecule has 1 atom stereocenters. The number of thioether (sulfide) groups is 1. The Morgan fingerprint density at radius 3 is 2.74 bits per heavy atom. The van der Waals surface area contributed by atoms with E-state index in [0.29, 0.717) is 48.9 Å². The lowest BCUT2D eigenvalue weighted by atomic mass is 10.2. The first-order valence-electron chi connectivity index (χ1n) is 9.18. The summed E-state index contributed by atoms with van der Waals surface area (Å²) >= 11 is 7.42. The summed E-state index contributed by atoms with van der Waals surface area (Å²) < 4.78 is 0. The number of nitrogens with zero attached hydrogens (tertiary/aromatic N) is 4. The van der Waals surface area contributed by atoms with Crippen molar-refractivity contribution in [1.29, 1.82) is 0 Å². The minimum Gasteiger partial charge on any atom is -0.355 e. The third-order valence-electron chi connectivity index (χ3n) is 4.11. The number of carbonyl (C=O) groups excluding carboxylic acids is 2. The van der Waals surface area contributed by atoms with Crippen LogP contribution in [-0.2, 0) is 4.79 Å². The van der Waals surface area contributed by atoms with E-state index >= 15 is 0 Å². The van der Waals surface area contributed by atoms with Crippen LogP contribution in [0.3, 0.4) is 0 Å². The molecule has 0 bridgehead atoms. The van der Waals surface area contributed by atoms with Gasteiger partial charge in [-0.05, 0) is 20.3 Å². The summed E-state index contributed by atoms with van der Waals surface area (Å²) in [5.74, 6) is 0.922. The van der Waals surface area contributed by atoms with E-state index in [1.54, 1.807) is 6.07 Å². The van der Waals surface area contributed by atoms with Crippen LogP contribution in [0, 0.1) is 0 Å². The lowest BCUT2D eigenvalue weighted by Crippen LogP contribution is -2.56. The van der Waals surface area contributed by atoms with Gasteiger partial charge in [0.2, 0.25) is 5.91 Å². The number of anilines is 1.